The highest BCUT2D eigenvalue weighted by atomic mass is 32.1. The van der Waals surface area contributed by atoms with Gasteiger partial charge in [-0.25, -0.2) is 0 Å². The minimum Gasteiger partial charge on any atom is -0.459 e. The monoisotopic (exact) mass is 441 g/mol. The van der Waals surface area contributed by atoms with Crippen molar-refractivity contribution in [3.05, 3.63) is 69.6 Å². The van der Waals surface area contributed by atoms with Crippen LogP contribution in [-0.4, -0.2) is 35.3 Å². The molecule has 6 heteroatoms. The highest BCUT2D eigenvalue weighted by molar-refractivity contribution is 7.08. The van der Waals surface area contributed by atoms with Crippen LogP contribution in [0.15, 0.2) is 52.9 Å². The van der Waals surface area contributed by atoms with Crippen molar-refractivity contribution in [2.45, 2.75) is 63.9 Å². The summed E-state index contributed by atoms with van der Waals surface area (Å²) in [6, 6.07) is 9.80. The third-order valence-electron chi connectivity index (χ3n) is 6.02. The lowest BCUT2D eigenvalue weighted by molar-refractivity contribution is -0.156. The number of hydrogen-bond donors (Lipinski definition) is 1. The van der Waals surface area contributed by atoms with Crippen LogP contribution < -0.4 is 0 Å². The van der Waals surface area contributed by atoms with Crippen LogP contribution in [0.1, 0.15) is 61.1 Å². The molecular formula is C25H31NO4S. The van der Waals surface area contributed by atoms with E-state index in [1.807, 2.05) is 35.2 Å². The smallest absolute Gasteiger partial charge is 0.288 e. The number of aliphatic hydroxyl groups is 1. The van der Waals surface area contributed by atoms with E-state index < -0.39 is 6.29 Å². The minimum atomic E-state index is -0.471. The number of aliphatic hydroxyl groups excluding tert-OH is 1. The molecule has 1 amide bonds. The normalized spacial score (nSPS) is 22.2. The number of nitrogens with zero attached hydrogens (tertiary/aromatic N) is 1. The van der Waals surface area contributed by atoms with Gasteiger partial charge in [0.15, 0.2) is 5.76 Å². The van der Waals surface area contributed by atoms with Crippen LogP contribution in [0.4, 0.5) is 0 Å². The van der Waals surface area contributed by atoms with Crippen molar-refractivity contribution < 1.29 is 19.4 Å². The van der Waals surface area contributed by atoms with Crippen LogP contribution >= 0.6 is 11.3 Å². The molecular weight excluding hydrogens is 410 g/mol. The molecule has 0 spiro atoms. The predicted octanol–water partition coefficient (Wildman–Crippen LogP) is 4.96. The second-order valence-corrected chi connectivity index (χ2v) is 9.10. The van der Waals surface area contributed by atoms with Crippen molar-refractivity contribution in [3.63, 3.8) is 0 Å². The van der Waals surface area contributed by atoms with Gasteiger partial charge in [0.2, 0.25) is 6.29 Å². The van der Waals surface area contributed by atoms with Crippen LogP contribution in [0.25, 0.3) is 0 Å². The Morgan fingerprint density at radius 3 is 2.45 bits per heavy atom. The molecule has 5 nitrogen and oxygen atoms in total. The maximum Gasteiger partial charge on any atom is 0.288 e. The number of amides is 1. The van der Waals surface area contributed by atoms with Crippen molar-refractivity contribution in [1.82, 2.24) is 4.90 Å². The molecule has 2 aliphatic rings. The second kappa shape index (κ2) is 10.9. The molecule has 2 aromatic rings. The third kappa shape index (κ3) is 5.97. The zero-order valence-corrected chi connectivity index (χ0v) is 18.7. The molecule has 1 fully saturated rings. The van der Waals surface area contributed by atoms with E-state index in [-0.39, 0.29) is 18.4 Å². The fraction of sp³-hybridized carbons (Fsp3) is 0.480. The van der Waals surface area contributed by atoms with Crippen molar-refractivity contribution in [2.24, 2.45) is 0 Å². The maximum absolute atomic E-state index is 13.3. The molecule has 4 rings (SSSR count). The van der Waals surface area contributed by atoms with E-state index in [2.05, 4.69) is 16.8 Å². The average Bonchev–Trinajstić information content (AvgIpc) is 3.32. The van der Waals surface area contributed by atoms with E-state index in [4.69, 9.17) is 9.47 Å². The Kier molecular flexibility index (Phi) is 7.78. The number of rotatable bonds is 6. The fourth-order valence-corrected chi connectivity index (χ4v) is 4.89. The van der Waals surface area contributed by atoms with Crippen LogP contribution in [0, 0.1) is 0 Å². The Hall–Kier alpha value is -2.15. The summed E-state index contributed by atoms with van der Waals surface area (Å²) in [4.78, 5) is 15.2. The molecule has 1 aromatic heterocycles. The van der Waals surface area contributed by atoms with Crippen LogP contribution in [0.5, 0.6) is 0 Å². The molecule has 2 aliphatic heterocycles. The second-order valence-electron chi connectivity index (χ2n) is 8.32. The Labute approximate surface area is 188 Å². The number of benzene rings is 1. The molecule has 2 atom stereocenters. The summed E-state index contributed by atoms with van der Waals surface area (Å²) >= 11 is 1.66. The zero-order valence-electron chi connectivity index (χ0n) is 17.9. The quantitative estimate of drug-likeness (QED) is 0.688. The largest absolute Gasteiger partial charge is 0.459 e. The van der Waals surface area contributed by atoms with Gasteiger partial charge in [-0.3, -0.25) is 4.79 Å². The van der Waals surface area contributed by atoms with Gasteiger partial charge in [0, 0.05) is 25.4 Å². The molecule has 0 radical (unpaired) electrons. The van der Waals surface area contributed by atoms with Crippen LogP contribution in [-0.2, 0) is 27.5 Å². The first kappa shape index (κ1) is 22.1. The summed E-state index contributed by atoms with van der Waals surface area (Å²) in [7, 11) is 0. The van der Waals surface area contributed by atoms with Crippen molar-refractivity contribution in [1.29, 1.82) is 0 Å². The summed E-state index contributed by atoms with van der Waals surface area (Å²) in [6.45, 7) is 2.02. The number of allylic oxidation sites excluding steroid dienone is 1. The molecule has 2 unspecified atom stereocenters. The van der Waals surface area contributed by atoms with Gasteiger partial charge in [-0.2, -0.15) is 11.3 Å². The van der Waals surface area contributed by atoms with E-state index in [1.54, 1.807) is 11.3 Å². The molecule has 1 saturated heterocycles. The average molecular weight is 442 g/mol. The standard InChI is InChI=1S/C25H31NO4S/c27-16-19-6-8-20(9-7-19)17-29-24-15-22(21-10-13-31-18-21)14-23(30-24)25(28)26-11-4-2-1-3-5-12-26/h6-10,13-14,18,22,24,27H,1-5,11-12,15-17H2. The summed E-state index contributed by atoms with van der Waals surface area (Å²) in [5, 5.41) is 13.4. The lowest BCUT2D eigenvalue weighted by Crippen LogP contribution is -2.38. The molecule has 0 bridgehead atoms. The van der Waals surface area contributed by atoms with Gasteiger partial charge in [-0.1, -0.05) is 43.5 Å². The molecule has 3 heterocycles. The molecule has 166 valence electrons. The zero-order chi connectivity index (χ0) is 21.5. The minimum absolute atomic E-state index is 0.0114. The number of carbonyl (C=O) groups is 1. The maximum atomic E-state index is 13.3. The Balaban J connectivity index is 1.46. The Morgan fingerprint density at radius 1 is 1.06 bits per heavy atom. The highest BCUT2D eigenvalue weighted by Gasteiger charge is 2.31. The highest BCUT2D eigenvalue weighted by Crippen LogP contribution is 2.33. The van der Waals surface area contributed by atoms with Crippen molar-refractivity contribution >= 4 is 17.2 Å². The SMILES string of the molecule is O=C(C1=CC(c2ccsc2)CC(OCc2ccc(CO)cc2)O1)N1CCCCCCC1. The summed E-state index contributed by atoms with van der Waals surface area (Å²) in [5.74, 6) is 0.516. The number of hydrogen-bond acceptors (Lipinski definition) is 5. The van der Waals surface area contributed by atoms with Crippen molar-refractivity contribution in [2.75, 3.05) is 13.1 Å². The third-order valence-corrected chi connectivity index (χ3v) is 6.73. The van der Waals surface area contributed by atoms with E-state index >= 15 is 0 Å². The first-order chi connectivity index (χ1) is 15.2. The number of likely N-dealkylation sites (tertiary alicyclic amines) is 1. The summed E-state index contributed by atoms with van der Waals surface area (Å²) < 4.78 is 12.2. The van der Waals surface area contributed by atoms with Gasteiger partial charge in [0.1, 0.15) is 0 Å². The van der Waals surface area contributed by atoms with Gasteiger partial charge >= 0.3 is 0 Å². The van der Waals surface area contributed by atoms with Gasteiger partial charge < -0.3 is 19.5 Å². The predicted molar refractivity (Wildman–Crippen MR) is 121 cm³/mol. The molecule has 0 saturated carbocycles. The van der Waals surface area contributed by atoms with Gasteiger partial charge in [-0.15, -0.1) is 0 Å². The topological polar surface area (TPSA) is 59.0 Å². The number of carbonyl (C=O) groups excluding carboxylic acids is 1. The molecule has 1 N–H and O–H groups in total. The summed E-state index contributed by atoms with van der Waals surface area (Å²) in [6.07, 6.45) is 7.93. The van der Waals surface area contributed by atoms with Crippen LogP contribution in [0.2, 0.25) is 0 Å². The van der Waals surface area contributed by atoms with Gasteiger partial charge in [0.25, 0.3) is 5.91 Å². The van der Waals surface area contributed by atoms with Gasteiger partial charge in [0.05, 0.1) is 13.2 Å². The Morgan fingerprint density at radius 2 is 1.77 bits per heavy atom. The van der Waals surface area contributed by atoms with Gasteiger partial charge in [-0.05, 0) is 52.4 Å². The van der Waals surface area contributed by atoms with E-state index in [1.165, 1.54) is 24.8 Å². The summed E-state index contributed by atoms with van der Waals surface area (Å²) in [5.41, 5.74) is 3.09. The fourth-order valence-electron chi connectivity index (χ4n) is 4.17. The van der Waals surface area contributed by atoms with E-state index in [0.29, 0.717) is 18.8 Å². The van der Waals surface area contributed by atoms with E-state index in [0.717, 1.165) is 37.1 Å². The molecule has 1 aromatic carbocycles. The van der Waals surface area contributed by atoms with E-state index in [9.17, 15) is 9.90 Å². The van der Waals surface area contributed by atoms with Crippen LogP contribution in [0.3, 0.4) is 0 Å². The van der Waals surface area contributed by atoms with Crippen molar-refractivity contribution in [3.8, 4) is 0 Å². The first-order valence-electron chi connectivity index (χ1n) is 11.2. The number of thiophene rings is 1. The lowest BCUT2D eigenvalue weighted by Gasteiger charge is -2.32. The first-order valence-corrected chi connectivity index (χ1v) is 12.2. The molecule has 31 heavy (non-hydrogen) atoms. The lowest BCUT2D eigenvalue weighted by atomic mass is 9.95. The number of ether oxygens (including phenoxy) is 2. The molecule has 0 aliphatic carbocycles. The Bertz CT molecular complexity index is 854.